The fraction of sp³-hybridized carbons (Fsp3) is 0.273. The molecule has 0 bridgehead atoms. The Kier molecular flexibility index (Phi) is 4.24. The third-order valence-corrected chi connectivity index (χ3v) is 2.90. The summed E-state index contributed by atoms with van der Waals surface area (Å²) < 4.78 is 4.13. The highest BCUT2D eigenvalue weighted by molar-refractivity contribution is 7.09. The molecule has 0 spiro atoms. The van der Waals surface area contributed by atoms with E-state index in [1.54, 1.807) is 6.92 Å². The van der Waals surface area contributed by atoms with Gasteiger partial charge in [0.05, 0.1) is 0 Å². The number of hydrogen-bond acceptors (Lipinski definition) is 7. The zero-order chi connectivity index (χ0) is 13.7. The van der Waals surface area contributed by atoms with Gasteiger partial charge in [0.2, 0.25) is 5.13 Å². The number of para-hydroxylation sites is 1. The average molecular weight is 280 g/mol. The zero-order valence-electron chi connectivity index (χ0n) is 10.1. The van der Waals surface area contributed by atoms with Crippen LogP contribution in [0.5, 0.6) is 0 Å². The summed E-state index contributed by atoms with van der Waals surface area (Å²) in [6, 6.07) is 9.58. The van der Waals surface area contributed by atoms with Gasteiger partial charge in [-0.25, -0.2) is 4.98 Å². The summed E-state index contributed by atoms with van der Waals surface area (Å²) in [5.74, 6) is 0.526. The maximum absolute atomic E-state index is 10.2. The monoisotopic (exact) mass is 280 g/mol. The van der Waals surface area contributed by atoms with E-state index in [4.69, 9.17) is 0 Å². The Balaban J connectivity index is 1.94. The highest BCUT2D eigenvalue weighted by Gasteiger charge is 2.12. The van der Waals surface area contributed by atoms with Gasteiger partial charge in [0, 0.05) is 23.6 Å². The van der Waals surface area contributed by atoms with Crippen molar-refractivity contribution >= 4 is 22.4 Å². The second kappa shape index (κ2) is 6.10. The molecule has 7 nitrogen and oxygen atoms in total. The molecule has 0 fully saturated rings. The molecule has 0 amide bonds. The van der Waals surface area contributed by atoms with E-state index in [0.29, 0.717) is 17.4 Å². The van der Waals surface area contributed by atoms with Crippen molar-refractivity contribution in [1.29, 1.82) is 0 Å². The summed E-state index contributed by atoms with van der Waals surface area (Å²) in [5.41, 5.74) is 0.916. The molecule has 1 atom stereocenters. The lowest BCUT2D eigenvalue weighted by atomic mass is 10.3. The normalized spacial score (nSPS) is 11.8. The SMILES string of the molecule is CC(Cc1nsc(Nc2ccccc2)n1)O[N+](=O)[O-]. The summed E-state index contributed by atoms with van der Waals surface area (Å²) in [5, 5.41) is 13.1. The lowest BCUT2D eigenvalue weighted by Gasteiger charge is -2.05. The molecule has 1 aromatic heterocycles. The first-order chi connectivity index (χ1) is 9.13. The first-order valence-corrected chi connectivity index (χ1v) is 6.36. The zero-order valence-corrected chi connectivity index (χ0v) is 11.0. The van der Waals surface area contributed by atoms with Gasteiger partial charge in [0.1, 0.15) is 11.9 Å². The van der Waals surface area contributed by atoms with Crippen LogP contribution in [0.15, 0.2) is 30.3 Å². The molecule has 1 unspecified atom stereocenters. The van der Waals surface area contributed by atoms with E-state index in [2.05, 4.69) is 19.5 Å². The Hall–Kier alpha value is -2.22. The fourth-order valence-electron chi connectivity index (χ4n) is 1.47. The highest BCUT2D eigenvalue weighted by Crippen LogP contribution is 2.18. The summed E-state index contributed by atoms with van der Waals surface area (Å²) in [7, 11) is 0. The van der Waals surface area contributed by atoms with Crippen LogP contribution in [0.1, 0.15) is 12.7 Å². The second-order valence-corrected chi connectivity index (χ2v) is 4.60. The molecule has 0 saturated heterocycles. The van der Waals surface area contributed by atoms with Crippen LogP contribution in [-0.2, 0) is 11.3 Å². The third-order valence-electron chi connectivity index (χ3n) is 2.23. The Bertz CT molecular complexity index is 546. The Morgan fingerprint density at radius 1 is 1.47 bits per heavy atom. The second-order valence-electron chi connectivity index (χ2n) is 3.85. The molecule has 100 valence electrons. The molecule has 1 aromatic carbocycles. The van der Waals surface area contributed by atoms with E-state index < -0.39 is 11.2 Å². The number of nitrogens with one attached hydrogen (secondary N) is 1. The van der Waals surface area contributed by atoms with Crippen LogP contribution in [0.2, 0.25) is 0 Å². The van der Waals surface area contributed by atoms with E-state index in [1.807, 2.05) is 30.3 Å². The van der Waals surface area contributed by atoms with Crippen LogP contribution >= 0.6 is 11.5 Å². The largest absolute Gasteiger partial charge is 0.330 e. The number of hydrogen-bond donors (Lipinski definition) is 1. The lowest BCUT2D eigenvalue weighted by Crippen LogP contribution is -2.16. The molecule has 2 aromatic rings. The van der Waals surface area contributed by atoms with Gasteiger partial charge in [-0.1, -0.05) is 18.2 Å². The highest BCUT2D eigenvalue weighted by atomic mass is 32.1. The van der Waals surface area contributed by atoms with Gasteiger partial charge in [-0.05, 0) is 19.1 Å². The predicted molar refractivity (Wildman–Crippen MR) is 70.9 cm³/mol. The molecule has 0 aliphatic carbocycles. The van der Waals surface area contributed by atoms with E-state index >= 15 is 0 Å². The van der Waals surface area contributed by atoms with E-state index in [1.165, 1.54) is 11.5 Å². The van der Waals surface area contributed by atoms with Crippen molar-refractivity contribution in [1.82, 2.24) is 9.36 Å². The van der Waals surface area contributed by atoms with Gasteiger partial charge in [0.15, 0.2) is 0 Å². The molecule has 0 aliphatic rings. The molecule has 2 rings (SSSR count). The minimum atomic E-state index is -0.805. The first kappa shape index (κ1) is 13.2. The number of rotatable bonds is 6. The van der Waals surface area contributed by atoms with Gasteiger partial charge in [-0.3, -0.25) is 0 Å². The predicted octanol–water partition coefficient (Wildman–Crippen LogP) is 2.42. The smallest absolute Gasteiger partial charge is 0.294 e. The van der Waals surface area contributed by atoms with Gasteiger partial charge in [-0.15, -0.1) is 10.1 Å². The van der Waals surface area contributed by atoms with Gasteiger partial charge >= 0.3 is 0 Å². The number of aromatic nitrogens is 2. The standard InChI is InChI=1S/C11H12N4O3S/c1-8(18-15(16)17)7-10-13-11(19-14-10)12-9-5-3-2-4-6-9/h2-6,8H,7H2,1H3,(H,12,13,14). The third kappa shape index (κ3) is 4.18. The molecule has 0 radical (unpaired) electrons. The number of nitrogens with zero attached hydrogens (tertiary/aromatic N) is 3. The van der Waals surface area contributed by atoms with Gasteiger partial charge in [0.25, 0.3) is 5.09 Å². The van der Waals surface area contributed by atoms with E-state index in [0.717, 1.165) is 5.69 Å². The average Bonchev–Trinajstić information content (AvgIpc) is 2.76. The van der Waals surface area contributed by atoms with Gasteiger partial charge in [-0.2, -0.15) is 4.37 Å². The van der Waals surface area contributed by atoms with Crippen molar-refractivity contribution in [3.8, 4) is 0 Å². The molecule has 8 heteroatoms. The fourth-order valence-corrected chi connectivity index (χ4v) is 2.09. The van der Waals surface area contributed by atoms with Crippen molar-refractivity contribution in [3.05, 3.63) is 46.3 Å². The van der Waals surface area contributed by atoms with Crippen molar-refractivity contribution in [2.45, 2.75) is 19.4 Å². The molecule has 19 heavy (non-hydrogen) atoms. The quantitative estimate of drug-likeness (QED) is 0.645. The molecule has 0 saturated carbocycles. The van der Waals surface area contributed by atoms with Crippen molar-refractivity contribution < 1.29 is 9.92 Å². The van der Waals surface area contributed by atoms with Crippen LogP contribution < -0.4 is 5.32 Å². The maximum Gasteiger partial charge on any atom is 0.294 e. The molecular weight excluding hydrogens is 268 g/mol. The van der Waals surface area contributed by atoms with Crippen molar-refractivity contribution in [2.24, 2.45) is 0 Å². The molecule has 0 aliphatic heterocycles. The number of benzene rings is 1. The summed E-state index contributed by atoms with van der Waals surface area (Å²) in [4.78, 5) is 18.8. The molecule has 1 heterocycles. The van der Waals surface area contributed by atoms with Crippen molar-refractivity contribution in [3.63, 3.8) is 0 Å². The van der Waals surface area contributed by atoms with Crippen LogP contribution in [0.4, 0.5) is 10.8 Å². The van der Waals surface area contributed by atoms with E-state index in [9.17, 15) is 10.1 Å². The van der Waals surface area contributed by atoms with Gasteiger partial charge < -0.3 is 10.2 Å². The van der Waals surface area contributed by atoms with E-state index in [-0.39, 0.29) is 0 Å². The van der Waals surface area contributed by atoms with Crippen LogP contribution in [0.3, 0.4) is 0 Å². The van der Waals surface area contributed by atoms with Crippen LogP contribution in [0, 0.1) is 10.1 Å². The van der Waals surface area contributed by atoms with Crippen LogP contribution in [0.25, 0.3) is 0 Å². The Morgan fingerprint density at radius 3 is 2.89 bits per heavy atom. The minimum Gasteiger partial charge on any atom is -0.330 e. The summed E-state index contributed by atoms with van der Waals surface area (Å²) in [6.07, 6.45) is -0.261. The minimum absolute atomic E-state index is 0.300. The topological polar surface area (TPSA) is 90.2 Å². The summed E-state index contributed by atoms with van der Waals surface area (Å²) >= 11 is 1.21. The lowest BCUT2D eigenvalue weighted by molar-refractivity contribution is -0.767. The number of anilines is 2. The first-order valence-electron chi connectivity index (χ1n) is 5.59. The van der Waals surface area contributed by atoms with Crippen molar-refractivity contribution in [2.75, 3.05) is 5.32 Å². The Labute approximate surface area is 113 Å². The maximum atomic E-state index is 10.2. The molecule has 1 N–H and O–H groups in total. The van der Waals surface area contributed by atoms with Crippen LogP contribution in [-0.4, -0.2) is 20.5 Å². The Morgan fingerprint density at radius 2 is 2.21 bits per heavy atom. The molecular formula is C11H12N4O3S. The summed E-state index contributed by atoms with van der Waals surface area (Å²) in [6.45, 7) is 1.61.